The highest BCUT2D eigenvalue weighted by Gasteiger charge is 2.68. The van der Waals surface area contributed by atoms with Crippen LogP contribution in [0.5, 0.6) is 5.75 Å². The molecule has 2 aromatic rings. The Hall–Kier alpha value is -1.99. The van der Waals surface area contributed by atoms with Crippen LogP contribution in [-0.4, -0.2) is 28.8 Å². The van der Waals surface area contributed by atoms with Gasteiger partial charge in [-0.1, -0.05) is 18.5 Å². The van der Waals surface area contributed by atoms with Gasteiger partial charge in [0.05, 0.1) is 10.0 Å². The number of aryl methyl sites for hydroxylation is 1. The molecule has 1 aromatic carbocycles. The number of nitrogens with zero attached hydrogens (tertiary/aromatic N) is 1. The van der Waals surface area contributed by atoms with Crippen molar-refractivity contribution in [2.24, 2.45) is 5.41 Å². The molecule has 3 aliphatic carbocycles. The number of ketones is 1. The van der Waals surface area contributed by atoms with Gasteiger partial charge in [-0.25, -0.2) is 9.37 Å². The Bertz CT molecular complexity index is 926. The molecule has 1 amide bonds. The number of hydrogen-bond acceptors (Lipinski definition) is 5. The van der Waals surface area contributed by atoms with Crippen molar-refractivity contribution in [2.75, 3.05) is 6.61 Å². The molecule has 0 atom stereocenters. The summed E-state index contributed by atoms with van der Waals surface area (Å²) < 4.78 is 18.7. The lowest BCUT2D eigenvalue weighted by atomic mass is 9.38. The molecule has 28 heavy (non-hydrogen) atoms. The molecule has 0 radical (unpaired) electrons. The van der Waals surface area contributed by atoms with E-state index in [4.69, 9.17) is 16.3 Å². The van der Waals surface area contributed by atoms with Gasteiger partial charge in [0.25, 0.3) is 5.91 Å². The minimum absolute atomic E-state index is 0.000519. The molecule has 0 aliphatic heterocycles. The zero-order valence-electron chi connectivity index (χ0n) is 15.4. The highest BCUT2D eigenvalue weighted by Crippen LogP contribution is 2.69. The zero-order chi connectivity index (χ0) is 19.9. The number of amides is 1. The van der Waals surface area contributed by atoms with E-state index in [-0.39, 0.29) is 40.0 Å². The Morgan fingerprint density at radius 2 is 2.11 bits per heavy atom. The number of Topliss-reactive ketones (excluding diaryl/α,β-unsaturated/α-hetero) is 1. The average Bonchev–Trinajstić information content (AvgIpc) is 3.09. The summed E-state index contributed by atoms with van der Waals surface area (Å²) in [4.78, 5) is 29.0. The van der Waals surface area contributed by atoms with E-state index < -0.39 is 5.82 Å². The van der Waals surface area contributed by atoms with E-state index in [9.17, 15) is 14.0 Å². The van der Waals surface area contributed by atoms with Gasteiger partial charge >= 0.3 is 0 Å². The van der Waals surface area contributed by atoms with Gasteiger partial charge in [0.2, 0.25) is 0 Å². The summed E-state index contributed by atoms with van der Waals surface area (Å²) in [7, 11) is 0. The van der Waals surface area contributed by atoms with Crippen LogP contribution in [0.4, 0.5) is 4.39 Å². The number of benzene rings is 1. The number of carbonyl (C=O) groups is 2. The largest absolute Gasteiger partial charge is 0.484 e. The molecule has 1 aromatic heterocycles. The van der Waals surface area contributed by atoms with Crippen molar-refractivity contribution in [3.05, 3.63) is 45.1 Å². The first-order chi connectivity index (χ1) is 13.3. The van der Waals surface area contributed by atoms with E-state index in [1.165, 1.54) is 23.5 Å². The highest BCUT2D eigenvalue weighted by atomic mass is 35.5. The van der Waals surface area contributed by atoms with Crippen LogP contribution in [0.15, 0.2) is 23.6 Å². The Morgan fingerprint density at radius 3 is 2.75 bits per heavy atom. The van der Waals surface area contributed by atoms with Crippen LogP contribution < -0.4 is 10.1 Å². The lowest BCUT2D eigenvalue weighted by Crippen LogP contribution is -2.75. The Morgan fingerprint density at radius 1 is 1.36 bits per heavy atom. The number of halogens is 2. The maximum absolute atomic E-state index is 13.4. The van der Waals surface area contributed by atoms with Crippen molar-refractivity contribution in [3.63, 3.8) is 0 Å². The van der Waals surface area contributed by atoms with Gasteiger partial charge in [0.15, 0.2) is 12.4 Å². The number of aromatic nitrogens is 1. The third-order valence-electron chi connectivity index (χ3n) is 5.48. The smallest absolute Gasteiger partial charge is 0.258 e. The lowest BCUT2D eigenvalue weighted by Gasteiger charge is -2.70. The minimum atomic E-state index is -0.586. The van der Waals surface area contributed by atoms with E-state index in [0.29, 0.717) is 12.1 Å². The number of thiazole rings is 1. The van der Waals surface area contributed by atoms with Crippen LogP contribution in [0.1, 0.15) is 48.1 Å². The molecule has 0 saturated heterocycles. The molecule has 148 valence electrons. The third-order valence-corrected chi connectivity index (χ3v) is 6.78. The summed E-state index contributed by atoms with van der Waals surface area (Å²) in [5, 5.41) is 5.82. The summed E-state index contributed by atoms with van der Waals surface area (Å²) >= 11 is 7.14. The van der Waals surface area contributed by atoms with Gasteiger partial charge in [-0.2, -0.15) is 0 Å². The van der Waals surface area contributed by atoms with E-state index in [1.807, 2.05) is 12.3 Å². The van der Waals surface area contributed by atoms with E-state index in [2.05, 4.69) is 10.3 Å². The van der Waals surface area contributed by atoms with Crippen LogP contribution in [0.25, 0.3) is 0 Å². The molecule has 8 heteroatoms. The predicted molar refractivity (Wildman–Crippen MR) is 105 cm³/mol. The van der Waals surface area contributed by atoms with Gasteiger partial charge in [-0.05, 0) is 43.2 Å². The zero-order valence-corrected chi connectivity index (χ0v) is 17.0. The minimum Gasteiger partial charge on any atom is -0.484 e. The standard InChI is InChI=1S/C20H20ClFN2O3S/c1-2-18-23-15(8-28-18)16(25)6-19-9-20(10-19,11-19)24-17(26)7-27-12-3-4-13(21)14(22)5-12/h3-5,8H,2,6-7,9-11H2,1H3,(H,24,26). The van der Waals surface area contributed by atoms with Crippen molar-refractivity contribution >= 4 is 34.6 Å². The Labute approximate surface area is 171 Å². The van der Waals surface area contributed by atoms with Crippen LogP contribution in [-0.2, 0) is 11.2 Å². The molecule has 5 rings (SSSR count). The number of rotatable bonds is 8. The summed E-state index contributed by atoms with van der Waals surface area (Å²) in [6, 6.07) is 4.06. The third kappa shape index (κ3) is 3.65. The predicted octanol–water partition coefficient (Wildman–Crippen LogP) is 4.19. The van der Waals surface area contributed by atoms with Gasteiger partial charge in [0.1, 0.15) is 17.3 Å². The molecule has 1 heterocycles. The fourth-order valence-corrected chi connectivity index (χ4v) is 5.27. The van der Waals surface area contributed by atoms with Crippen molar-refractivity contribution in [1.82, 2.24) is 10.3 Å². The second-order valence-corrected chi connectivity index (χ2v) is 9.15. The average molecular weight is 423 g/mol. The fraction of sp³-hybridized carbons (Fsp3) is 0.450. The summed E-state index contributed by atoms with van der Waals surface area (Å²) in [6.45, 7) is 1.83. The van der Waals surface area contributed by atoms with E-state index in [1.54, 1.807) is 0 Å². The van der Waals surface area contributed by atoms with Gasteiger partial charge in [0, 0.05) is 23.4 Å². The number of carbonyl (C=O) groups excluding carboxylic acids is 2. The molecule has 3 saturated carbocycles. The normalized spacial score (nSPS) is 24.8. The second-order valence-electron chi connectivity index (χ2n) is 7.80. The molecule has 0 unspecified atom stereocenters. The van der Waals surface area contributed by atoms with Crippen LogP contribution in [0.3, 0.4) is 0 Å². The van der Waals surface area contributed by atoms with Crippen molar-refractivity contribution in [3.8, 4) is 5.75 Å². The number of hydrogen-bond donors (Lipinski definition) is 1. The summed E-state index contributed by atoms with van der Waals surface area (Å²) in [5.41, 5.74) is 0.344. The van der Waals surface area contributed by atoms with Crippen molar-refractivity contribution in [2.45, 2.75) is 44.6 Å². The molecule has 0 spiro atoms. The van der Waals surface area contributed by atoms with Crippen LogP contribution in [0.2, 0.25) is 5.02 Å². The number of nitrogens with one attached hydrogen (secondary N) is 1. The summed E-state index contributed by atoms with van der Waals surface area (Å²) in [5.74, 6) is -0.492. The lowest BCUT2D eigenvalue weighted by molar-refractivity contribution is -0.164. The molecule has 2 bridgehead atoms. The van der Waals surface area contributed by atoms with Crippen molar-refractivity contribution in [1.29, 1.82) is 0 Å². The topological polar surface area (TPSA) is 68.3 Å². The van der Waals surface area contributed by atoms with Crippen LogP contribution in [0, 0.1) is 11.2 Å². The highest BCUT2D eigenvalue weighted by molar-refractivity contribution is 7.09. The quantitative estimate of drug-likeness (QED) is 0.648. The molecule has 1 N–H and O–H groups in total. The first kappa shape index (κ1) is 19.3. The molecule has 3 aliphatic rings. The fourth-order valence-electron chi connectivity index (χ4n) is 4.40. The summed E-state index contributed by atoms with van der Waals surface area (Å²) in [6.07, 6.45) is 3.73. The van der Waals surface area contributed by atoms with Gasteiger partial charge in [-0.3, -0.25) is 9.59 Å². The van der Waals surface area contributed by atoms with E-state index >= 15 is 0 Å². The SMILES string of the molecule is CCc1nc(C(=O)CC23CC(NC(=O)COc4ccc(Cl)c(F)c4)(C2)C3)cs1. The molecular formula is C20H20ClFN2O3S. The van der Waals surface area contributed by atoms with E-state index in [0.717, 1.165) is 36.8 Å². The first-order valence-corrected chi connectivity index (χ1v) is 10.4. The van der Waals surface area contributed by atoms with Crippen molar-refractivity contribution < 1.29 is 18.7 Å². The Balaban J connectivity index is 1.23. The molecule has 5 nitrogen and oxygen atoms in total. The van der Waals surface area contributed by atoms with Gasteiger partial charge in [-0.15, -0.1) is 11.3 Å². The van der Waals surface area contributed by atoms with Gasteiger partial charge < -0.3 is 10.1 Å². The Kier molecular flexibility index (Phi) is 4.91. The maximum Gasteiger partial charge on any atom is 0.258 e. The van der Waals surface area contributed by atoms with Crippen LogP contribution >= 0.6 is 22.9 Å². The number of ether oxygens (including phenoxy) is 1. The second kappa shape index (κ2) is 7.12. The first-order valence-electron chi connectivity index (χ1n) is 9.19. The molecular weight excluding hydrogens is 403 g/mol. The molecule has 3 fully saturated rings. The maximum atomic E-state index is 13.4. The monoisotopic (exact) mass is 422 g/mol.